The van der Waals surface area contributed by atoms with Gasteiger partial charge in [-0.1, -0.05) is 42.5 Å². The minimum atomic E-state index is -2.86. The fraction of sp³-hybridized carbons (Fsp3) is 0.250. The van der Waals surface area contributed by atoms with Crippen LogP contribution < -0.4 is 15.4 Å². The highest BCUT2D eigenvalue weighted by Crippen LogP contribution is 2.19. The molecule has 1 heterocycles. The van der Waals surface area contributed by atoms with Crippen molar-refractivity contribution in [1.82, 2.24) is 15.6 Å². The van der Waals surface area contributed by atoms with Gasteiger partial charge in [0.05, 0.1) is 12.1 Å². The number of hydrogen-bond donors (Lipinski definition) is 3. The number of aliphatic hydroxyl groups excluding tert-OH is 1. The molecule has 3 rings (SSSR count). The first-order chi connectivity index (χ1) is 15.5. The molecule has 0 saturated carbocycles. The van der Waals surface area contributed by atoms with Gasteiger partial charge in [-0.05, 0) is 46.9 Å². The molecule has 8 heteroatoms. The van der Waals surface area contributed by atoms with Gasteiger partial charge in [0.1, 0.15) is 5.75 Å². The molecule has 6 nitrogen and oxygen atoms in total. The van der Waals surface area contributed by atoms with Crippen LogP contribution in [0.5, 0.6) is 5.75 Å². The summed E-state index contributed by atoms with van der Waals surface area (Å²) in [5.74, 6) is 0.0913. The van der Waals surface area contributed by atoms with Crippen LogP contribution in [0.2, 0.25) is 0 Å². The lowest BCUT2D eigenvalue weighted by Gasteiger charge is -2.23. The molecule has 168 valence electrons. The third kappa shape index (κ3) is 7.11. The maximum atomic E-state index is 12.2. The zero-order chi connectivity index (χ0) is 22.8. The van der Waals surface area contributed by atoms with Crippen LogP contribution in [0.25, 0.3) is 11.1 Å². The molecule has 0 aliphatic heterocycles. The Morgan fingerprint density at radius 3 is 2.34 bits per heavy atom. The van der Waals surface area contributed by atoms with Gasteiger partial charge in [-0.15, -0.1) is 0 Å². The van der Waals surface area contributed by atoms with Gasteiger partial charge in [0, 0.05) is 25.5 Å². The summed E-state index contributed by atoms with van der Waals surface area (Å²) in [6, 6.07) is 17.5. The average molecular weight is 441 g/mol. The quantitative estimate of drug-likeness (QED) is 0.376. The van der Waals surface area contributed by atoms with Gasteiger partial charge in [-0.2, -0.15) is 8.78 Å². The topological polar surface area (TPSA) is 83.5 Å². The summed E-state index contributed by atoms with van der Waals surface area (Å²) >= 11 is 0. The molecule has 2 aromatic carbocycles. The number of halogens is 2. The van der Waals surface area contributed by atoms with Crippen molar-refractivity contribution in [3.8, 4) is 16.9 Å². The van der Waals surface area contributed by atoms with Crippen molar-refractivity contribution in [2.75, 3.05) is 6.54 Å². The first-order valence-electron chi connectivity index (χ1n) is 10.2. The molecule has 3 aromatic rings. The standard InChI is InChI=1S/C24H25F2N3O3/c25-24(26)32-21-9-5-18(6-10-21)13-28-15-23(31)22(29-16-30)12-17-3-7-19(8-4-17)20-2-1-11-27-14-20/h1-11,14,16,22-24,28,31H,12-13,15H2,(H,29,30). The number of benzene rings is 2. The van der Waals surface area contributed by atoms with E-state index in [9.17, 15) is 18.7 Å². The third-order valence-corrected chi connectivity index (χ3v) is 4.98. The molecular weight excluding hydrogens is 416 g/mol. The summed E-state index contributed by atoms with van der Waals surface area (Å²) in [4.78, 5) is 15.2. The molecule has 0 spiro atoms. The molecule has 3 N–H and O–H groups in total. The Morgan fingerprint density at radius 2 is 1.72 bits per heavy atom. The van der Waals surface area contributed by atoms with Crippen molar-refractivity contribution in [3.63, 3.8) is 0 Å². The predicted molar refractivity (Wildman–Crippen MR) is 117 cm³/mol. The number of hydrogen-bond acceptors (Lipinski definition) is 5. The molecule has 32 heavy (non-hydrogen) atoms. The highest BCUT2D eigenvalue weighted by atomic mass is 19.3. The first-order valence-corrected chi connectivity index (χ1v) is 10.2. The number of nitrogens with zero attached hydrogens (tertiary/aromatic N) is 1. The number of nitrogens with one attached hydrogen (secondary N) is 2. The minimum absolute atomic E-state index is 0.0913. The maximum Gasteiger partial charge on any atom is 0.387 e. The number of aromatic nitrogens is 1. The van der Waals surface area contributed by atoms with Crippen molar-refractivity contribution in [3.05, 3.63) is 84.2 Å². The summed E-state index contributed by atoms with van der Waals surface area (Å²) < 4.78 is 28.7. The van der Waals surface area contributed by atoms with E-state index in [1.807, 2.05) is 36.4 Å². The number of aliphatic hydroxyl groups is 1. The van der Waals surface area contributed by atoms with Crippen LogP contribution in [0, 0.1) is 0 Å². The molecule has 0 aliphatic carbocycles. The van der Waals surface area contributed by atoms with Crippen LogP contribution >= 0.6 is 0 Å². The van der Waals surface area contributed by atoms with Crippen LogP contribution in [0.4, 0.5) is 8.78 Å². The molecule has 0 fully saturated rings. The Bertz CT molecular complexity index is 954. The molecular formula is C24H25F2N3O3. The SMILES string of the molecule is O=CNC(Cc1ccc(-c2cccnc2)cc1)C(O)CNCc1ccc(OC(F)F)cc1. The van der Waals surface area contributed by atoms with Crippen molar-refractivity contribution in [2.24, 2.45) is 0 Å². The van der Waals surface area contributed by atoms with E-state index >= 15 is 0 Å². The normalized spacial score (nSPS) is 12.9. The van der Waals surface area contributed by atoms with Crippen LogP contribution in [-0.2, 0) is 17.8 Å². The summed E-state index contributed by atoms with van der Waals surface area (Å²) in [6.07, 6.45) is 3.74. The zero-order valence-electron chi connectivity index (χ0n) is 17.3. The number of carbonyl (C=O) groups is 1. The minimum Gasteiger partial charge on any atom is -0.435 e. The second-order valence-corrected chi connectivity index (χ2v) is 7.25. The van der Waals surface area contributed by atoms with Gasteiger partial charge < -0.3 is 20.5 Å². The van der Waals surface area contributed by atoms with Crippen molar-refractivity contribution < 1.29 is 23.4 Å². The lowest BCUT2D eigenvalue weighted by Crippen LogP contribution is -2.45. The van der Waals surface area contributed by atoms with Gasteiger partial charge in [0.15, 0.2) is 0 Å². The highest BCUT2D eigenvalue weighted by Gasteiger charge is 2.19. The van der Waals surface area contributed by atoms with E-state index in [0.717, 1.165) is 22.3 Å². The fourth-order valence-corrected chi connectivity index (χ4v) is 3.31. The Morgan fingerprint density at radius 1 is 1.00 bits per heavy atom. The van der Waals surface area contributed by atoms with Gasteiger partial charge in [-0.3, -0.25) is 9.78 Å². The number of amides is 1. The highest BCUT2D eigenvalue weighted by molar-refractivity contribution is 5.62. The Hall–Kier alpha value is -3.36. The van der Waals surface area contributed by atoms with Gasteiger partial charge in [0.2, 0.25) is 6.41 Å². The molecule has 2 atom stereocenters. The van der Waals surface area contributed by atoms with E-state index in [0.29, 0.717) is 19.4 Å². The van der Waals surface area contributed by atoms with Crippen molar-refractivity contribution in [2.45, 2.75) is 31.7 Å². The number of ether oxygens (including phenoxy) is 1. The predicted octanol–water partition coefficient (Wildman–Crippen LogP) is 3.16. The van der Waals surface area contributed by atoms with Crippen LogP contribution in [0.3, 0.4) is 0 Å². The van der Waals surface area contributed by atoms with E-state index in [4.69, 9.17) is 0 Å². The second kappa shape index (κ2) is 11.9. The van der Waals surface area contributed by atoms with E-state index in [1.54, 1.807) is 24.5 Å². The Balaban J connectivity index is 1.51. The average Bonchev–Trinajstić information content (AvgIpc) is 2.80. The van der Waals surface area contributed by atoms with E-state index < -0.39 is 18.8 Å². The number of pyridine rings is 1. The summed E-state index contributed by atoms with van der Waals surface area (Å²) in [5.41, 5.74) is 3.88. The molecule has 0 radical (unpaired) electrons. The number of alkyl halides is 2. The maximum absolute atomic E-state index is 12.2. The first kappa shape index (κ1) is 23.3. The van der Waals surface area contributed by atoms with Crippen LogP contribution in [0.15, 0.2) is 73.1 Å². The number of carbonyl (C=O) groups excluding carboxylic acids is 1. The summed E-state index contributed by atoms with van der Waals surface area (Å²) in [6.45, 7) is -2.18. The van der Waals surface area contributed by atoms with Gasteiger partial charge in [0.25, 0.3) is 0 Å². The lowest BCUT2D eigenvalue weighted by atomic mass is 9.98. The molecule has 1 aromatic heterocycles. The zero-order valence-corrected chi connectivity index (χ0v) is 17.3. The Kier molecular flexibility index (Phi) is 8.65. The summed E-state index contributed by atoms with van der Waals surface area (Å²) in [7, 11) is 0. The molecule has 0 saturated heterocycles. The van der Waals surface area contributed by atoms with E-state index in [2.05, 4.69) is 20.4 Å². The van der Waals surface area contributed by atoms with Gasteiger partial charge in [-0.25, -0.2) is 0 Å². The fourth-order valence-electron chi connectivity index (χ4n) is 3.31. The second-order valence-electron chi connectivity index (χ2n) is 7.25. The van der Waals surface area contributed by atoms with Gasteiger partial charge >= 0.3 is 6.61 Å². The third-order valence-electron chi connectivity index (χ3n) is 4.98. The molecule has 0 aliphatic rings. The molecule has 1 amide bonds. The smallest absolute Gasteiger partial charge is 0.387 e. The van der Waals surface area contributed by atoms with Crippen LogP contribution in [-0.4, -0.2) is 41.8 Å². The van der Waals surface area contributed by atoms with Crippen molar-refractivity contribution in [1.29, 1.82) is 0 Å². The van der Waals surface area contributed by atoms with E-state index in [1.165, 1.54) is 12.1 Å². The number of rotatable bonds is 12. The van der Waals surface area contributed by atoms with Crippen LogP contribution in [0.1, 0.15) is 11.1 Å². The monoisotopic (exact) mass is 441 g/mol. The largest absolute Gasteiger partial charge is 0.435 e. The molecule has 0 bridgehead atoms. The van der Waals surface area contributed by atoms with Crippen molar-refractivity contribution >= 4 is 6.41 Å². The Labute approximate surface area is 185 Å². The molecule has 2 unspecified atom stereocenters. The summed E-state index contributed by atoms with van der Waals surface area (Å²) in [5, 5.41) is 16.4. The lowest BCUT2D eigenvalue weighted by molar-refractivity contribution is -0.110. The van der Waals surface area contributed by atoms with E-state index in [-0.39, 0.29) is 12.3 Å².